The van der Waals surface area contributed by atoms with Gasteiger partial charge in [0.2, 0.25) is 0 Å². The van der Waals surface area contributed by atoms with E-state index in [0.717, 1.165) is 17.0 Å². The molecular weight excluding hydrogens is 266 g/mol. The smallest absolute Gasteiger partial charge is 0.348 e. The number of ether oxygens (including phenoxy) is 1. The van der Waals surface area contributed by atoms with Gasteiger partial charge in [0.15, 0.2) is 0 Å². The minimum atomic E-state index is -0.430. The number of amides is 1. The number of hydrogen-bond acceptors (Lipinski definition) is 6. The minimum absolute atomic E-state index is 0.221. The topological polar surface area (TPSA) is 81.2 Å². The molecule has 0 saturated heterocycles. The second kappa shape index (κ2) is 5.57. The molecule has 1 N–H and O–H groups in total. The van der Waals surface area contributed by atoms with Gasteiger partial charge in [0, 0.05) is 6.20 Å². The molecule has 1 amide bonds. The molecule has 0 fully saturated rings. The number of carbonyl (C=O) groups is 2. The maximum absolute atomic E-state index is 11.9. The molecule has 0 atom stereocenters. The highest BCUT2D eigenvalue weighted by Gasteiger charge is 2.12. The zero-order chi connectivity index (χ0) is 13.8. The van der Waals surface area contributed by atoms with E-state index in [0.29, 0.717) is 9.88 Å². The molecule has 0 aliphatic heterocycles. The molecule has 0 bridgehead atoms. The highest BCUT2D eigenvalue weighted by atomic mass is 32.1. The SMILES string of the molecule is COC(=O)c1ccc(NC(=O)c2cnc(C)cn2)s1. The second-order valence-electron chi connectivity index (χ2n) is 3.65. The molecule has 7 heteroatoms. The first-order valence-electron chi connectivity index (χ1n) is 5.38. The predicted octanol–water partition coefficient (Wildman–Crippen LogP) is 1.89. The largest absolute Gasteiger partial charge is 0.465 e. The number of thiophene rings is 1. The summed E-state index contributed by atoms with van der Waals surface area (Å²) in [5.41, 5.74) is 0.958. The van der Waals surface area contributed by atoms with Crippen molar-refractivity contribution in [1.29, 1.82) is 0 Å². The highest BCUT2D eigenvalue weighted by Crippen LogP contribution is 2.22. The minimum Gasteiger partial charge on any atom is -0.465 e. The van der Waals surface area contributed by atoms with Crippen LogP contribution in [0.3, 0.4) is 0 Å². The number of carbonyl (C=O) groups excluding carboxylic acids is 2. The van der Waals surface area contributed by atoms with Gasteiger partial charge < -0.3 is 10.1 Å². The lowest BCUT2D eigenvalue weighted by Gasteiger charge is -2.01. The van der Waals surface area contributed by atoms with Gasteiger partial charge in [-0.15, -0.1) is 11.3 Å². The molecular formula is C12H11N3O3S. The number of nitrogens with one attached hydrogen (secondary N) is 1. The van der Waals surface area contributed by atoms with E-state index in [2.05, 4.69) is 20.0 Å². The zero-order valence-electron chi connectivity index (χ0n) is 10.3. The van der Waals surface area contributed by atoms with Crippen molar-refractivity contribution >= 4 is 28.2 Å². The van der Waals surface area contributed by atoms with Crippen LogP contribution in [0.25, 0.3) is 0 Å². The Balaban J connectivity index is 2.08. The Morgan fingerprint density at radius 3 is 2.68 bits per heavy atom. The van der Waals surface area contributed by atoms with Crippen LogP contribution in [0.5, 0.6) is 0 Å². The third kappa shape index (κ3) is 3.14. The summed E-state index contributed by atoms with van der Waals surface area (Å²) in [4.78, 5) is 31.5. The van der Waals surface area contributed by atoms with Crippen LogP contribution in [-0.2, 0) is 4.74 Å². The third-order valence-electron chi connectivity index (χ3n) is 2.24. The van der Waals surface area contributed by atoms with Crippen LogP contribution in [0.4, 0.5) is 5.00 Å². The highest BCUT2D eigenvalue weighted by molar-refractivity contribution is 7.18. The van der Waals surface area contributed by atoms with E-state index >= 15 is 0 Å². The second-order valence-corrected chi connectivity index (χ2v) is 4.74. The van der Waals surface area contributed by atoms with Crippen molar-refractivity contribution in [3.05, 3.63) is 40.8 Å². The number of rotatable bonds is 3. The number of aryl methyl sites for hydroxylation is 1. The van der Waals surface area contributed by atoms with Gasteiger partial charge in [-0.25, -0.2) is 9.78 Å². The first-order valence-corrected chi connectivity index (χ1v) is 6.20. The average molecular weight is 277 g/mol. The van der Waals surface area contributed by atoms with Crippen molar-refractivity contribution in [2.45, 2.75) is 6.92 Å². The van der Waals surface area contributed by atoms with Crippen LogP contribution < -0.4 is 5.32 Å². The van der Waals surface area contributed by atoms with Crippen LogP contribution in [0, 0.1) is 6.92 Å². The van der Waals surface area contributed by atoms with Crippen molar-refractivity contribution < 1.29 is 14.3 Å². The molecule has 0 spiro atoms. The van der Waals surface area contributed by atoms with Gasteiger partial charge in [-0.1, -0.05) is 0 Å². The number of hydrogen-bond donors (Lipinski definition) is 1. The van der Waals surface area contributed by atoms with E-state index in [1.54, 1.807) is 19.1 Å². The first-order chi connectivity index (χ1) is 9.10. The number of nitrogens with zero attached hydrogens (tertiary/aromatic N) is 2. The summed E-state index contributed by atoms with van der Waals surface area (Å²) in [7, 11) is 1.31. The van der Waals surface area contributed by atoms with Crippen molar-refractivity contribution in [3.8, 4) is 0 Å². The summed E-state index contributed by atoms with van der Waals surface area (Å²) < 4.78 is 4.59. The van der Waals surface area contributed by atoms with Crippen molar-refractivity contribution in [3.63, 3.8) is 0 Å². The fourth-order valence-electron chi connectivity index (χ4n) is 1.30. The molecule has 98 valence electrons. The fourth-order valence-corrected chi connectivity index (χ4v) is 2.12. The molecule has 0 unspecified atom stereocenters. The molecule has 6 nitrogen and oxygen atoms in total. The van der Waals surface area contributed by atoms with Gasteiger partial charge in [0.1, 0.15) is 10.6 Å². The lowest BCUT2D eigenvalue weighted by atomic mass is 10.4. The molecule has 0 aliphatic carbocycles. The molecule has 0 aromatic carbocycles. The monoisotopic (exact) mass is 277 g/mol. The summed E-state index contributed by atoms with van der Waals surface area (Å²) in [6.07, 6.45) is 2.92. The molecule has 2 heterocycles. The standard InChI is InChI=1S/C12H11N3O3S/c1-7-5-14-8(6-13-7)11(16)15-10-4-3-9(19-10)12(17)18-2/h3-6H,1-2H3,(H,15,16). The maximum Gasteiger partial charge on any atom is 0.348 e. The Morgan fingerprint density at radius 1 is 1.26 bits per heavy atom. The first kappa shape index (κ1) is 13.2. The Labute approximate surface area is 113 Å². The van der Waals surface area contributed by atoms with Gasteiger partial charge in [-0.3, -0.25) is 9.78 Å². The molecule has 2 rings (SSSR count). The summed E-state index contributed by atoms with van der Waals surface area (Å²) in [5.74, 6) is -0.800. The maximum atomic E-state index is 11.9. The average Bonchev–Trinajstić information content (AvgIpc) is 2.87. The van der Waals surface area contributed by atoms with Crippen molar-refractivity contribution in [2.75, 3.05) is 12.4 Å². The number of methoxy groups -OCH3 is 1. The molecule has 0 saturated carbocycles. The Kier molecular flexibility index (Phi) is 3.86. The molecule has 2 aromatic rings. The van der Waals surface area contributed by atoms with Crippen LogP contribution in [0.2, 0.25) is 0 Å². The van der Waals surface area contributed by atoms with Crippen LogP contribution in [-0.4, -0.2) is 29.0 Å². The molecule has 0 aliphatic rings. The lowest BCUT2D eigenvalue weighted by molar-refractivity contribution is 0.0606. The lowest BCUT2D eigenvalue weighted by Crippen LogP contribution is -2.13. The molecule has 2 aromatic heterocycles. The van der Waals surface area contributed by atoms with E-state index in [1.165, 1.54) is 19.5 Å². The fraction of sp³-hybridized carbons (Fsp3) is 0.167. The van der Waals surface area contributed by atoms with E-state index in [4.69, 9.17) is 0 Å². The quantitative estimate of drug-likeness (QED) is 0.866. The number of aromatic nitrogens is 2. The van der Waals surface area contributed by atoms with Gasteiger partial charge in [-0.2, -0.15) is 0 Å². The van der Waals surface area contributed by atoms with Crippen LogP contribution >= 0.6 is 11.3 Å². The Morgan fingerprint density at radius 2 is 2.05 bits per heavy atom. The summed E-state index contributed by atoms with van der Waals surface area (Å²) in [5, 5.41) is 3.20. The summed E-state index contributed by atoms with van der Waals surface area (Å²) in [6, 6.07) is 3.23. The zero-order valence-corrected chi connectivity index (χ0v) is 11.2. The van der Waals surface area contributed by atoms with E-state index < -0.39 is 5.97 Å². The van der Waals surface area contributed by atoms with Gasteiger partial charge in [0.05, 0.1) is 24.0 Å². The normalized spacial score (nSPS) is 10.0. The van der Waals surface area contributed by atoms with E-state index in [-0.39, 0.29) is 11.6 Å². The van der Waals surface area contributed by atoms with Crippen molar-refractivity contribution in [2.24, 2.45) is 0 Å². The van der Waals surface area contributed by atoms with Crippen molar-refractivity contribution in [1.82, 2.24) is 9.97 Å². The van der Waals surface area contributed by atoms with Gasteiger partial charge >= 0.3 is 5.97 Å². The number of esters is 1. The van der Waals surface area contributed by atoms with Crippen LogP contribution in [0.1, 0.15) is 25.9 Å². The Hall–Kier alpha value is -2.28. The van der Waals surface area contributed by atoms with Gasteiger partial charge in [0.25, 0.3) is 5.91 Å². The third-order valence-corrected chi connectivity index (χ3v) is 3.22. The summed E-state index contributed by atoms with van der Waals surface area (Å²) >= 11 is 1.14. The number of anilines is 1. The van der Waals surface area contributed by atoms with Gasteiger partial charge in [-0.05, 0) is 19.1 Å². The van der Waals surface area contributed by atoms with E-state index in [9.17, 15) is 9.59 Å². The Bertz CT molecular complexity index is 607. The molecule has 19 heavy (non-hydrogen) atoms. The van der Waals surface area contributed by atoms with Crippen LogP contribution in [0.15, 0.2) is 24.5 Å². The summed E-state index contributed by atoms with van der Waals surface area (Å²) in [6.45, 7) is 1.79. The predicted molar refractivity (Wildman–Crippen MR) is 70.4 cm³/mol. The molecule has 0 radical (unpaired) electrons. The van der Waals surface area contributed by atoms with E-state index in [1.807, 2.05) is 0 Å².